The third-order valence-electron chi connectivity index (χ3n) is 6.60. The van der Waals surface area contributed by atoms with Gasteiger partial charge in [-0.3, -0.25) is 4.79 Å². The molecule has 0 amide bonds. The maximum absolute atomic E-state index is 13.5. The Hall–Kier alpha value is -3.28. The van der Waals surface area contributed by atoms with Crippen molar-refractivity contribution in [3.63, 3.8) is 0 Å². The standard InChI is InChI=1S/C26H29FN4O5S/c27-21-6-8-22(9-7-21)31-26(32)25(36-23-10-16-35-17-11-23)24(18-28-31)29-12-14-30(15-13-29)37(33,34)19-20-4-2-1-3-5-20/h1-9,18,23H,10-17,19H2. The monoisotopic (exact) mass is 528 g/mol. The van der Waals surface area contributed by atoms with Crippen LogP contribution in [0.3, 0.4) is 0 Å². The third-order valence-corrected chi connectivity index (χ3v) is 8.45. The summed E-state index contributed by atoms with van der Waals surface area (Å²) in [5.41, 5.74) is 1.24. The third kappa shape index (κ3) is 5.84. The maximum Gasteiger partial charge on any atom is 0.316 e. The van der Waals surface area contributed by atoms with Crippen molar-refractivity contribution in [3.05, 3.63) is 82.5 Å². The molecule has 2 aliphatic rings. The molecule has 196 valence electrons. The van der Waals surface area contributed by atoms with Crippen molar-refractivity contribution < 1.29 is 22.3 Å². The first kappa shape index (κ1) is 25.4. The number of piperazine rings is 1. The van der Waals surface area contributed by atoms with Gasteiger partial charge in [-0.15, -0.1) is 0 Å². The number of halogens is 1. The van der Waals surface area contributed by atoms with Crippen molar-refractivity contribution in [2.45, 2.75) is 24.7 Å². The topological polar surface area (TPSA) is 94.0 Å². The Morgan fingerprint density at radius 2 is 1.65 bits per heavy atom. The van der Waals surface area contributed by atoms with Gasteiger partial charge in [-0.2, -0.15) is 14.1 Å². The first-order chi connectivity index (χ1) is 17.9. The van der Waals surface area contributed by atoms with Crippen LogP contribution in [0, 0.1) is 5.82 Å². The number of benzene rings is 2. The van der Waals surface area contributed by atoms with Crippen LogP contribution in [0.1, 0.15) is 18.4 Å². The predicted molar refractivity (Wildman–Crippen MR) is 137 cm³/mol. The minimum absolute atomic E-state index is 0.0543. The molecule has 9 nitrogen and oxygen atoms in total. The summed E-state index contributed by atoms with van der Waals surface area (Å²) >= 11 is 0. The molecule has 3 aromatic rings. The van der Waals surface area contributed by atoms with Crippen LogP contribution in [0.5, 0.6) is 5.75 Å². The summed E-state index contributed by atoms with van der Waals surface area (Å²) in [6.07, 6.45) is 2.69. The van der Waals surface area contributed by atoms with Crippen LogP contribution in [-0.2, 0) is 20.5 Å². The lowest BCUT2D eigenvalue weighted by Crippen LogP contribution is -2.49. The molecule has 3 heterocycles. The molecule has 0 bridgehead atoms. The SMILES string of the molecule is O=c1c(OC2CCOCC2)c(N2CCN(S(=O)(=O)Cc3ccccc3)CC2)cnn1-c1ccc(F)cc1. The zero-order chi connectivity index (χ0) is 25.8. The highest BCUT2D eigenvalue weighted by Gasteiger charge is 2.30. The Labute approximate surface area is 215 Å². The molecular weight excluding hydrogens is 499 g/mol. The van der Waals surface area contributed by atoms with E-state index in [1.54, 1.807) is 18.3 Å². The van der Waals surface area contributed by atoms with Gasteiger partial charge in [0.1, 0.15) is 17.6 Å². The lowest BCUT2D eigenvalue weighted by Gasteiger charge is -2.36. The van der Waals surface area contributed by atoms with E-state index in [4.69, 9.17) is 9.47 Å². The summed E-state index contributed by atoms with van der Waals surface area (Å²) in [5, 5.41) is 4.33. The van der Waals surface area contributed by atoms with Crippen LogP contribution in [0.2, 0.25) is 0 Å². The highest BCUT2D eigenvalue weighted by Crippen LogP contribution is 2.28. The first-order valence-electron chi connectivity index (χ1n) is 12.3. The Morgan fingerprint density at radius 3 is 2.32 bits per heavy atom. The van der Waals surface area contributed by atoms with Crippen LogP contribution in [0.25, 0.3) is 5.69 Å². The molecule has 2 aromatic carbocycles. The van der Waals surface area contributed by atoms with Gasteiger partial charge in [0, 0.05) is 39.0 Å². The Bertz CT molecular complexity index is 1370. The molecule has 11 heteroatoms. The Balaban J connectivity index is 1.38. The quantitative estimate of drug-likeness (QED) is 0.465. The van der Waals surface area contributed by atoms with Crippen LogP contribution >= 0.6 is 0 Å². The molecule has 0 N–H and O–H groups in total. The second kappa shape index (κ2) is 11.0. The molecule has 5 rings (SSSR count). The molecule has 0 unspecified atom stereocenters. The molecular formula is C26H29FN4O5S. The number of hydrogen-bond donors (Lipinski definition) is 0. The van der Waals surface area contributed by atoms with Gasteiger partial charge < -0.3 is 14.4 Å². The summed E-state index contributed by atoms with van der Waals surface area (Å²) in [7, 11) is -3.48. The number of ether oxygens (including phenoxy) is 2. The van der Waals surface area contributed by atoms with E-state index < -0.39 is 21.4 Å². The van der Waals surface area contributed by atoms with E-state index in [0.717, 1.165) is 5.56 Å². The number of hydrogen-bond acceptors (Lipinski definition) is 7. The number of rotatable bonds is 7. The molecule has 2 fully saturated rings. The normalized spacial score (nSPS) is 17.6. The molecule has 0 saturated carbocycles. The summed E-state index contributed by atoms with van der Waals surface area (Å²) < 4.78 is 53.7. The van der Waals surface area contributed by atoms with Gasteiger partial charge in [0.05, 0.1) is 30.9 Å². The Morgan fingerprint density at radius 1 is 0.973 bits per heavy atom. The van der Waals surface area contributed by atoms with E-state index in [2.05, 4.69) is 5.10 Å². The van der Waals surface area contributed by atoms with Crippen LogP contribution in [-0.4, -0.2) is 68.0 Å². The van der Waals surface area contributed by atoms with Crippen LogP contribution in [0.15, 0.2) is 65.6 Å². The first-order valence-corrected chi connectivity index (χ1v) is 13.9. The van der Waals surface area contributed by atoms with Crippen molar-refractivity contribution in [3.8, 4) is 11.4 Å². The minimum Gasteiger partial charge on any atom is -0.483 e. The van der Waals surface area contributed by atoms with Gasteiger partial charge in [0.25, 0.3) is 0 Å². The van der Waals surface area contributed by atoms with Crippen LogP contribution in [0.4, 0.5) is 10.1 Å². The highest BCUT2D eigenvalue weighted by atomic mass is 32.2. The van der Waals surface area contributed by atoms with Gasteiger partial charge in [-0.25, -0.2) is 12.8 Å². The number of sulfonamides is 1. The van der Waals surface area contributed by atoms with Gasteiger partial charge in [0.2, 0.25) is 15.8 Å². The summed E-state index contributed by atoms with van der Waals surface area (Å²) in [6.45, 7) is 2.45. The molecule has 37 heavy (non-hydrogen) atoms. The zero-order valence-electron chi connectivity index (χ0n) is 20.3. The Kier molecular flexibility index (Phi) is 7.54. The fraction of sp³-hybridized carbons (Fsp3) is 0.385. The summed E-state index contributed by atoms with van der Waals surface area (Å²) in [6, 6.07) is 14.6. The summed E-state index contributed by atoms with van der Waals surface area (Å²) in [5.74, 6) is -0.305. The molecule has 0 radical (unpaired) electrons. The van der Waals surface area contributed by atoms with Gasteiger partial charge in [0.15, 0.2) is 0 Å². The predicted octanol–water partition coefficient (Wildman–Crippen LogP) is 2.58. The smallest absolute Gasteiger partial charge is 0.316 e. The highest BCUT2D eigenvalue weighted by molar-refractivity contribution is 7.88. The molecule has 1 aromatic heterocycles. The fourth-order valence-corrected chi connectivity index (χ4v) is 6.09. The maximum atomic E-state index is 13.5. The molecule has 0 aliphatic carbocycles. The lowest BCUT2D eigenvalue weighted by molar-refractivity contribution is 0.0249. The van der Waals surface area contributed by atoms with Crippen molar-refractivity contribution >= 4 is 15.7 Å². The van der Waals surface area contributed by atoms with E-state index in [1.165, 1.54) is 33.3 Å². The van der Waals surface area contributed by atoms with E-state index in [0.29, 0.717) is 50.5 Å². The molecule has 0 atom stereocenters. The molecule has 2 saturated heterocycles. The lowest BCUT2D eigenvalue weighted by atomic mass is 10.1. The average Bonchev–Trinajstić information content (AvgIpc) is 2.91. The second-order valence-electron chi connectivity index (χ2n) is 9.11. The van der Waals surface area contributed by atoms with Crippen LogP contribution < -0.4 is 15.2 Å². The average molecular weight is 529 g/mol. The van der Waals surface area contributed by atoms with Gasteiger partial charge >= 0.3 is 5.56 Å². The van der Waals surface area contributed by atoms with Crippen molar-refractivity contribution in [1.82, 2.24) is 14.1 Å². The van der Waals surface area contributed by atoms with Gasteiger partial charge in [-0.1, -0.05) is 30.3 Å². The number of anilines is 1. The van der Waals surface area contributed by atoms with E-state index in [-0.39, 0.29) is 30.7 Å². The van der Waals surface area contributed by atoms with Crippen molar-refractivity contribution in [2.24, 2.45) is 0 Å². The zero-order valence-corrected chi connectivity index (χ0v) is 21.1. The largest absolute Gasteiger partial charge is 0.483 e. The number of aromatic nitrogens is 2. The van der Waals surface area contributed by atoms with E-state index in [1.807, 2.05) is 23.1 Å². The molecule has 0 spiro atoms. The van der Waals surface area contributed by atoms with E-state index in [9.17, 15) is 17.6 Å². The second-order valence-corrected chi connectivity index (χ2v) is 11.1. The van der Waals surface area contributed by atoms with E-state index >= 15 is 0 Å². The number of nitrogens with zero attached hydrogens (tertiary/aromatic N) is 4. The summed E-state index contributed by atoms with van der Waals surface area (Å²) in [4.78, 5) is 15.5. The van der Waals surface area contributed by atoms with Crippen molar-refractivity contribution in [1.29, 1.82) is 0 Å². The minimum atomic E-state index is -3.48. The fourth-order valence-electron chi connectivity index (χ4n) is 4.58. The molecule has 2 aliphatic heterocycles. The van der Waals surface area contributed by atoms with Crippen molar-refractivity contribution in [2.75, 3.05) is 44.3 Å². The van der Waals surface area contributed by atoms with Gasteiger partial charge in [-0.05, 0) is 29.8 Å².